The molecule has 1 fully saturated rings. The van der Waals surface area contributed by atoms with Gasteiger partial charge in [-0.2, -0.15) is 0 Å². The molecule has 1 aliphatic heterocycles. The summed E-state index contributed by atoms with van der Waals surface area (Å²) in [7, 11) is 1.95. The molecule has 136 valence electrons. The number of carbonyl (C=O) groups is 1. The Bertz CT molecular complexity index is 701. The maximum atomic E-state index is 12.9. The van der Waals surface area contributed by atoms with Gasteiger partial charge < -0.3 is 19.5 Å². The van der Waals surface area contributed by atoms with Gasteiger partial charge in [-0.3, -0.25) is 4.79 Å². The molecule has 25 heavy (non-hydrogen) atoms. The minimum Gasteiger partial charge on any atom is -0.481 e. The molecule has 0 bridgehead atoms. The molecule has 6 nitrogen and oxygen atoms in total. The lowest BCUT2D eigenvalue weighted by atomic mass is 10.1. The molecule has 1 aromatic carbocycles. The molecule has 7 heteroatoms. The zero-order chi connectivity index (χ0) is 17.1. The van der Waals surface area contributed by atoms with E-state index in [0.29, 0.717) is 18.8 Å². The zero-order valence-electron chi connectivity index (χ0n) is 14.8. The van der Waals surface area contributed by atoms with Gasteiger partial charge in [0.25, 0.3) is 5.91 Å². The number of rotatable bonds is 4. The third-order valence-electron chi connectivity index (χ3n) is 4.36. The first-order valence-corrected chi connectivity index (χ1v) is 8.28. The Morgan fingerprint density at radius 2 is 2.08 bits per heavy atom. The Morgan fingerprint density at radius 1 is 1.36 bits per heavy atom. The summed E-state index contributed by atoms with van der Waals surface area (Å²) in [5.74, 6) is 1.59. The second-order valence-electron chi connectivity index (χ2n) is 6.22. The lowest BCUT2D eigenvalue weighted by Crippen LogP contribution is -2.52. The van der Waals surface area contributed by atoms with E-state index in [0.717, 1.165) is 12.4 Å². The van der Waals surface area contributed by atoms with Crippen LogP contribution >= 0.6 is 12.4 Å². The first-order valence-electron chi connectivity index (χ1n) is 8.28. The quantitative estimate of drug-likeness (QED) is 0.902. The van der Waals surface area contributed by atoms with Crippen molar-refractivity contribution in [3.63, 3.8) is 0 Å². The molecule has 2 heterocycles. The number of halogens is 1. The monoisotopic (exact) mass is 364 g/mol. The van der Waals surface area contributed by atoms with Crippen LogP contribution in [0.5, 0.6) is 5.75 Å². The van der Waals surface area contributed by atoms with Crippen LogP contribution in [0.15, 0.2) is 36.7 Å². The van der Waals surface area contributed by atoms with Gasteiger partial charge in [-0.1, -0.05) is 17.7 Å². The molecule has 1 N–H and O–H groups in total. The Balaban J connectivity index is 0.00000225. The van der Waals surface area contributed by atoms with Crippen molar-refractivity contribution in [3.05, 3.63) is 48.0 Å². The van der Waals surface area contributed by atoms with Gasteiger partial charge in [0.1, 0.15) is 17.6 Å². The topological polar surface area (TPSA) is 59.4 Å². The molecule has 2 aromatic rings. The third-order valence-corrected chi connectivity index (χ3v) is 4.36. The Kier molecular flexibility index (Phi) is 6.45. The molecule has 0 spiro atoms. The van der Waals surface area contributed by atoms with Crippen molar-refractivity contribution < 1.29 is 9.53 Å². The fraction of sp³-hybridized carbons (Fsp3) is 0.444. The number of ether oxygens (including phenoxy) is 1. The van der Waals surface area contributed by atoms with Gasteiger partial charge in [0.05, 0.1) is 0 Å². The van der Waals surface area contributed by atoms with E-state index >= 15 is 0 Å². The summed E-state index contributed by atoms with van der Waals surface area (Å²) in [6.45, 7) is 5.96. The molecule has 1 aromatic heterocycles. The first kappa shape index (κ1) is 19.3. The molecule has 0 saturated carbocycles. The van der Waals surface area contributed by atoms with Crippen LogP contribution in [-0.2, 0) is 11.8 Å². The number of aryl methyl sites for hydroxylation is 2. The molecule has 0 radical (unpaired) electrons. The number of carbonyl (C=O) groups excluding carboxylic acids is 1. The van der Waals surface area contributed by atoms with Gasteiger partial charge in [-0.25, -0.2) is 4.98 Å². The van der Waals surface area contributed by atoms with Crippen molar-refractivity contribution in [2.75, 3.05) is 19.6 Å². The van der Waals surface area contributed by atoms with Crippen molar-refractivity contribution in [2.45, 2.75) is 26.0 Å². The van der Waals surface area contributed by atoms with E-state index in [-0.39, 0.29) is 24.4 Å². The van der Waals surface area contributed by atoms with Crippen LogP contribution in [0.25, 0.3) is 0 Å². The Morgan fingerprint density at radius 3 is 2.72 bits per heavy atom. The highest BCUT2D eigenvalue weighted by atomic mass is 35.5. The number of piperazine rings is 1. The zero-order valence-corrected chi connectivity index (χ0v) is 15.6. The molecule has 1 amide bonds. The summed E-state index contributed by atoms with van der Waals surface area (Å²) in [5, 5.41) is 3.34. The molecular formula is C18H25ClN4O2. The summed E-state index contributed by atoms with van der Waals surface area (Å²) >= 11 is 0. The maximum absolute atomic E-state index is 12.9. The van der Waals surface area contributed by atoms with Crippen LogP contribution in [0, 0.1) is 6.92 Å². The highest BCUT2D eigenvalue weighted by Crippen LogP contribution is 2.22. The second-order valence-corrected chi connectivity index (χ2v) is 6.22. The van der Waals surface area contributed by atoms with Crippen LogP contribution in [-0.4, -0.2) is 46.1 Å². The molecular weight excluding hydrogens is 340 g/mol. The number of nitrogens with one attached hydrogen (secondary N) is 1. The van der Waals surface area contributed by atoms with Gasteiger partial charge in [-0.05, 0) is 26.0 Å². The van der Waals surface area contributed by atoms with E-state index in [1.54, 1.807) is 13.1 Å². The summed E-state index contributed by atoms with van der Waals surface area (Å²) in [6.07, 6.45) is 3.13. The molecule has 0 aliphatic carbocycles. The number of amides is 1. The molecule has 3 rings (SSSR count). The number of hydrogen-bond donors (Lipinski definition) is 1. The van der Waals surface area contributed by atoms with E-state index in [2.05, 4.69) is 10.3 Å². The normalized spacial score (nSPS) is 18.4. The number of nitrogens with zero attached hydrogens (tertiary/aromatic N) is 3. The van der Waals surface area contributed by atoms with Crippen molar-refractivity contribution in [2.24, 2.45) is 7.05 Å². The second kappa shape index (κ2) is 8.36. The van der Waals surface area contributed by atoms with Gasteiger partial charge in [-0.15, -0.1) is 12.4 Å². The summed E-state index contributed by atoms with van der Waals surface area (Å²) in [4.78, 5) is 19.2. The van der Waals surface area contributed by atoms with Crippen LogP contribution in [0.2, 0.25) is 0 Å². The van der Waals surface area contributed by atoms with E-state index in [4.69, 9.17) is 4.74 Å². The van der Waals surface area contributed by atoms with Crippen LogP contribution in [0.4, 0.5) is 0 Å². The summed E-state index contributed by atoms with van der Waals surface area (Å²) in [5.41, 5.74) is 1.17. The SMILES string of the molecule is Cc1ccc(OC(C)C(=O)N2CCNCC2c2nccn2C)cc1.Cl. The van der Waals surface area contributed by atoms with Gasteiger partial charge in [0, 0.05) is 39.1 Å². The van der Waals surface area contributed by atoms with Crippen LogP contribution < -0.4 is 10.1 Å². The van der Waals surface area contributed by atoms with Crippen molar-refractivity contribution in [1.82, 2.24) is 19.8 Å². The predicted molar refractivity (Wildman–Crippen MR) is 99.0 cm³/mol. The van der Waals surface area contributed by atoms with E-state index < -0.39 is 6.10 Å². The fourth-order valence-electron chi connectivity index (χ4n) is 3.00. The van der Waals surface area contributed by atoms with Crippen molar-refractivity contribution in [3.8, 4) is 5.75 Å². The number of aromatic nitrogens is 2. The summed E-state index contributed by atoms with van der Waals surface area (Å²) < 4.78 is 7.80. The average molecular weight is 365 g/mol. The molecule has 2 unspecified atom stereocenters. The van der Waals surface area contributed by atoms with E-state index in [1.807, 2.05) is 53.9 Å². The largest absolute Gasteiger partial charge is 0.481 e. The third kappa shape index (κ3) is 4.32. The van der Waals surface area contributed by atoms with Crippen LogP contribution in [0.1, 0.15) is 24.4 Å². The van der Waals surface area contributed by atoms with Crippen molar-refractivity contribution >= 4 is 18.3 Å². The van der Waals surface area contributed by atoms with Gasteiger partial charge in [0.15, 0.2) is 6.10 Å². The van der Waals surface area contributed by atoms with E-state index in [1.165, 1.54) is 5.56 Å². The number of hydrogen-bond acceptors (Lipinski definition) is 4. The maximum Gasteiger partial charge on any atom is 0.264 e. The number of imidazole rings is 1. The predicted octanol–water partition coefficient (Wildman–Crippen LogP) is 2.09. The van der Waals surface area contributed by atoms with Gasteiger partial charge >= 0.3 is 0 Å². The Hall–Kier alpha value is -2.05. The van der Waals surface area contributed by atoms with Crippen molar-refractivity contribution in [1.29, 1.82) is 0 Å². The van der Waals surface area contributed by atoms with E-state index in [9.17, 15) is 4.79 Å². The fourth-order valence-corrected chi connectivity index (χ4v) is 3.00. The Labute approximate surface area is 154 Å². The first-order chi connectivity index (χ1) is 11.6. The van der Waals surface area contributed by atoms with Gasteiger partial charge in [0.2, 0.25) is 0 Å². The lowest BCUT2D eigenvalue weighted by Gasteiger charge is -2.37. The minimum absolute atomic E-state index is 0. The molecule has 1 saturated heterocycles. The molecule has 2 atom stereocenters. The minimum atomic E-state index is -0.534. The smallest absolute Gasteiger partial charge is 0.264 e. The highest BCUT2D eigenvalue weighted by molar-refractivity contribution is 5.85. The lowest BCUT2D eigenvalue weighted by molar-refractivity contribution is -0.141. The summed E-state index contributed by atoms with van der Waals surface area (Å²) in [6, 6.07) is 7.68. The average Bonchev–Trinajstić information content (AvgIpc) is 3.02. The standard InChI is InChI=1S/C18H24N4O2.ClH/c1-13-4-6-15(7-5-13)24-14(2)18(23)22-11-8-19-12-16(22)17-20-9-10-21(17)3;/h4-7,9-10,14,16,19H,8,11-12H2,1-3H3;1H. The number of benzene rings is 1. The highest BCUT2D eigenvalue weighted by Gasteiger charge is 2.33. The molecule has 1 aliphatic rings. The van der Waals surface area contributed by atoms with Crippen LogP contribution in [0.3, 0.4) is 0 Å².